The van der Waals surface area contributed by atoms with Crippen LogP contribution in [0.5, 0.6) is 0 Å². The van der Waals surface area contributed by atoms with Gasteiger partial charge in [0.25, 0.3) is 0 Å². The van der Waals surface area contributed by atoms with Gasteiger partial charge in [-0.1, -0.05) is 37.5 Å². The van der Waals surface area contributed by atoms with Crippen molar-refractivity contribution in [3.8, 4) is 0 Å². The molecule has 164 valence electrons. The molecule has 2 heterocycles. The van der Waals surface area contributed by atoms with E-state index in [-0.39, 0.29) is 5.97 Å². The Bertz CT molecular complexity index is 1040. The highest BCUT2D eigenvalue weighted by Gasteiger charge is 2.28. The number of hydrogen-bond donors (Lipinski definition) is 1. The third-order valence-corrected chi connectivity index (χ3v) is 6.27. The highest BCUT2D eigenvalue weighted by Crippen LogP contribution is 2.39. The van der Waals surface area contributed by atoms with Crippen LogP contribution < -0.4 is 9.80 Å². The van der Waals surface area contributed by atoms with Crippen molar-refractivity contribution < 1.29 is 9.53 Å². The van der Waals surface area contributed by atoms with Crippen LogP contribution in [0.2, 0.25) is 0 Å². The molecular weight excluding hydrogens is 388 g/mol. The van der Waals surface area contributed by atoms with E-state index >= 15 is 0 Å². The Morgan fingerprint density at radius 2 is 1.94 bits per heavy atom. The second kappa shape index (κ2) is 9.41. The topological polar surface area (TPSA) is 61.5 Å². The number of pyridine rings is 1. The molecule has 6 nitrogen and oxygen atoms in total. The third-order valence-electron chi connectivity index (χ3n) is 6.27. The fourth-order valence-corrected chi connectivity index (χ4v) is 4.61. The fourth-order valence-electron chi connectivity index (χ4n) is 4.61. The van der Waals surface area contributed by atoms with Crippen molar-refractivity contribution in [1.82, 2.24) is 9.97 Å². The number of nitrogens with zero attached hydrogens (tertiary/aromatic N) is 3. The number of benzene rings is 1. The van der Waals surface area contributed by atoms with E-state index in [9.17, 15) is 4.79 Å². The zero-order valence-corrected chi connectivity index (χ0v) is 18.7. The Labute approximate surface area is 184 Å². The van der Waals surface area contributed by atoms with Crippen LogP contribution in [0.25, 0.3) is 10.9 Å². The number of carbonyl (C=O) groups excluding carboxylic acids is 1. The van der Waals surface area contributed by atoms with E-state index < -0.39 is 0 Å². The highest BCUT2D eigenvalue weighted by atomic mass is 16.5. The first kappa shape index (κ1) is 21.2. The molecule has 0 spiro atoms. The third kappa shape index (κ3) is 4.53. The van der Waals surface area contributed by atoms with Crippen LogP contribution in [0, 0.1) is 0 Å². The molecule has 0 atom stereocenters. The number of ether oxygens (including phenoxy) is 1. The average molecular weight is 421 g/mol. The number of hydrogen-bond acceptors (Lipinski definition) is 5. The lowest BCUT2D eigenvalue weighted by Gasteiger charge is -2.35. The van der Waals surface area contributed by atoms with E-state index in [1.54, 1.807) is 0 Å². The van der Waals surface area contributed by atoms with Gasteiger partial charge in [-0.3, -0.25) is 4.79 Å². The number of rotatable bonds is 7. The van der Waals surface area contributed by atoms with Crippen molar-refractivity contribution in [2.45, 2.75) is 51.0 Å². The average Bonchev–Trinajstić information content (AvgIpc) is 3.16. The van der Waals surface area contributed by atoms with Gasteiger partial charge >= 0.3 is 5.97 Å². The zero-order chi connectivity index (χ0) is 21.8. The van der Waals surface area contributed by atoms with Crippen LogP contribution >= 0.6 is 0 Å². The number of anilines is 3. The number of methoxy groups -OCH3 is 1. The van der Waals surface area contributed by atoms with E-state index in [2.05, 4.69) is 53.1 Å². The molecule has 1 fully saturated rings. The summed E-state index contributed by atoms with van der Waals surface area (Å²) in [4.78, 5) is 24.9. The van der Waals surface area contributed by atoms with E-state index in [1.165, 1.54) is 26.4 Å². The molecule has 2 aromatic heterocycles. The first-order chi connectivity index (χ1) is 15.1. The number of carbonyl (C=O) groups is 1. The molecule has 1 saturated carbocycles. The maximum absolute atomic E-state index is 12.0. The summed E-state index contributed by atoms with van der Waals surface area (Å²) in [5.74, 6) is 1.82. The molecule has 31 heavy (non-hydrogen) atoms. The minimum Gasteiger partial charge on any atom is -0.469 e. The minimum atomic E-state index is -0.187. The maximum Gasteiger partial charge on any atom is 0.305 e. The van der Waals surface area contributed by atoms with Crippen molar-refractivity contribution >= 4 is 34.2 Å². The van der Waals surface area contributed by atoms with Gasteiger partial charge in [-0.2, -0.15) is 0 Å². The summed E-state index contributed by atoms with van der Waals surface area (Å²) >= 11 is 0. The molecule has 3 aromatic rings. The minimum absolute atomic E-state index is 0.187. The maximum atomic E-state index is 12.0. The summed E-state index contributed by atoms with van der Waals surface area (Å²) in [6, 6.07) is 12.9. The number of aryl methyl sites for hydroxylation is 1. The Hall–Kier alpha value is -3.02. The summed E-state index contributed by atoms with van der Waals surface area (Å²) in [6.45, 7) is 0. The molecule has 0 unspecified atom stereocenters. The first-order valence-corrected chi connectivity index (χ1v) is 11.2. The van der Waals surface area contributed by atoms with Crippen LogP contribution in [0.3, 0.4) is 0 Å². The number of fused-ring (bicyclic) bond motifs is 1. The van der Waals surface area contributed by atoms with Crippen molar-refractivity contribution in [1.29, 1.82) is 0 Å². The van der Waals surface area contributed by atoms with Gasteiger partial charge in [0.05, 0.1) is 7.11 Å². The molecule has 0 bridgehead atoms. The zero-order valence-electron chi connectivity index (χ0n) is 18.7. The summed E-state index contributed by atoms with van der Waals surface area (Å²) in [5.41, 5.74) is 3.36. The van der Waals surface area contributed by atoms with Gasteiger partial charge in [-0.25, -0.2) is 4.98 Å². The molecule has 0 saturated heterocycles. The number of H-pyrrole nitrogens is 1. The lowest BCUT2D eigenvalue weighted by atomic mass is 9.93. The largest absolute Gasteiger partial charge is 0.469 e. The van der Waals surface area contributed by atoms with Crippen molar-refractivity contribution in [3.63, 3.8) is 0 Å². The van der Waals surface area contributed by atoms with Gasteiger partial charge in [-0.15, -0.1) is 0 Å². The lowest BCUT2D eigenvalue weighted by Crippen LogP contribution is -2.34. The van der Waals surface area contributed by atoms with Crippen LogP contribution in [0.4, 0.5) is 17.3 Å². The van der Waals surface area contributed by atoms with Gasteiger partial charge < -0.3 is 19.5 Å². The Morgan fingerprint density at radius 3 is 2.68 bits per heavy atom. The summed E-state index contributed by atoms with van der Waals surface area (Å²) < 4.78 is 4.92. The summed E-state index contributed by atoms with van der Waals surface area (Å²) in [6.07, 6.45) is 8.89. The van der Waals surface area contributed by atoms with Crippen molar-refractivity contribution in [3.05, 3.63) is 48.2 Å². The Balaban J connectivity index is 1.84. The predicted molar refractivity (Wildman–Crippen MR) is 126 cm³/mol. The fraction of sp³-hybridized carbons (Fsp3) is 0.440. The second-order valence-corrected chi connectivity index (χ2v) is 8.50. The van der Waals surface area contributed by atoms with Gasteiger partial charge in [0, 0.05) is 61.0 Å². The lowest BCUT2D eigenvalue weighted by molar-refractivity contribution is -0.140. The van der Waals surface area contributed by atoms with Crippen LogP contribution in [-0.2, 0) is 16.0 Å². The second-order valence-electron chi connectivity index (χ2n) is 8.50. The molecule has 1 aromatic carbocycles. The molecule has 1 N–H and O–H groups in total. The number of aromatic amines is 1. The van der Waals surface area contributed by atoms with Crippen LogP contribution in [0.15, 0.2) is 42.6 Å². The SMILES string of the molecule is COC(=O)CCc1c(N(c2cc(N(C)C)ccn2)C2CCCCC2)[nH]c2ccccc12. The normalized spacial score (nSPS) is 14.5. The van der Waals surface area contributed by atoms with Crippen LogP contribution in [0.1, 0.15) is 44.1 Å². The number of nitrogens with one attached hydrogen (secondary N) is 1. The van der Waals surface area contributed by atoms with Gasteiger partial charge in [-0.05, 0) is 31.4 Å². The molecule has 1 aliphatic rings. The summed E-state index contributed by atoms with van der Waals surface area (Å²) in [7, 11) is 5.55. The predicted octanol–water partition coefficient (Wildman–Crippen LogP) is 5.21. The molecule has 0 amide bonds. The standard InChI is InChI=1S/C25H32N4O2/c1-28(2)19-15-16-26-23(17-19)29(18-9-5-4-6-10-18)25-21(13-14-24(30)31-3)20-11-7-8-12-22(20)27-25/h7-8,11-12,15-18,27H,4-6,9-10,13-14H2,1-3H3. The van der Waals surface area contributed by atoms with E-state index in [1.807, 2.05) is 18.3 Å². The van der Waals surface area contributed by atoms with Crippen molar-refractivity contribution in [2.75, 3.05) is 31.0 Å². The monoisotopic (exact) mass is 420 g/mol. The first-order valence-electron chi connectivity index (χ1n) is 11.2. The molecule has 6 heteroatoms. The number of aromatic nitrogens is 2. The van der Waals surface area contributed by atoms with Gasteiger partial charge in [0.2, 0.25) is 0 Å². The Kier molecular flexibility index (Phi) is 6.44. The molecule has 1 aliphatic carbocycles. The summed E-state index contributed by atoms with van der Waals surface area (Å²) in [5, 5.41) is 1.16. The Morgan fingerprint density at radius 1 is 1.16 bits per heavy atom. The highest BCUT2D eigenvalue weighted by molar-refractivity contribution is 5.91. The van der Waals surface area contributed by atoms with E-state index in [4.69, 9.17) is 9.72 Å². The molecule has 4 rings (SSSR count). The van der Waals surface area contributed by atoms with E-state index in [0.29, 0.717) is 18.9 Å². The van der Waals surface area contributed by atoms with Gasteiger partial charge in [0.1, 0.15) is 11.6 Å². The number of para-hydroxylation sites is 1. The quantitative estimate of drug-likeness (QED) is 0.532. The van der Waals surface area contributed by atoms with Crippen LogP contribution in [-0.4, -0.2) is 43.2 Å². The number of esters is 1. The molecule has 0 aliphatic heterocycles. The van der Waals surface area contributed by atoms with E-state index in [0.717, 1.165) is 46.6 Å². The smallest absolute Gasteiger partial charge is 0.305 e. The molecular formula is C25H32N4O2. The molecule has 0 radical (unpaired) electrons. The van der Waals surface area contributed by atoms with Crippen molar-refractivity contribution in [2.24, 2.45) is 0 Å². The van der Waals surface area contributed by atoms with Gasteiger partial charge in [0.15, 0.2) is 0 Å².